The highest BCUT2D eigenvalue weighted by Gasteiger charge is 2.65. The van der Waals surface area contributed by atoms with E-state index in [4.69, 9.17) is 5.84 Å². The molecule has 1 aliphatic carbocycles. The van der Waals surface area contributed by atoms with Crippen molar-refractivity contribution in [3.8, 4) is 0 Å². The Balaban J connectivity index is 2.12. The first-order valence-electron chi connectivity index (χ1n) is 5.45. The molecule has 0 spiro atoms. The van der Waals surface area contributed by atoms with Crippen molar-refractivity contribution in [3.63, 3.8) is 0 Å². The van der Waals surface area contributed by atoms with Crippen molar-refractivity contribution in [1.29, 1.82) is 0 Å². The van der Waals surface area contributed by atoms with Crippen LogP contribution in [0, 0.1) is 10.8 Å². The van der Waals surface area contributed by atoms with Crippen molar-refractivity contribution in [2.45, 2.75) is 33.7 Å². The minimum absolute atomic E-state index is 0.286. The van der Waals surface area contributed by atoms with Crippen molar-refractivity contribution < 1.29 is 0 Å². The number of nitrogen functional groups attached to an aromatic ring is 1. The Bertz CT molecular complexity index is 385. The lowest BCUT2D eigenvalue weighted by molar-refractivity contribution is 0.457. The van der Waals surface area contributed by atoms with Gasteiger partial charge in [-0.15, -0.1) is 0 Å². The molecule has 1 saturated carbocycles. The van der Waals surface area contributed by atoms with Crippen LogP contribution < -0.4 is 16.6 Å². The summed E-state index contributed by atoms with van der Waals surface area (Å²) in [6, 6.07) is 2.24. The summed E-state index contributed by atoms with van der Waals surface area (Å²) in [5.41, 5.74) is 3.08. The first-order chi connectivity index (χ1) is 7.39. The van der Waals surface area contributed by atoms with Crippen LogP contribution in [-0.2, 0) is 0 Å². The first-order valence-corrected chi connectivity index (χ1v) is 5.45. The maximum atomic E-state index is 5.30. The molecule has 1 aliphatic rings. The average molecular weight is 221 g/mol. The molecule has 1 aromatic rings. The minimum atomic E-state index is 0.286. The molecule has 5 heteroatoms. The number of anilines is 2. The Morgan fingerprint density at radius 1 is 1.12 bits per heavy atom. The van der Waals surface area contributed by atoms with Crippen molar-refractivity contribution in [2.75, 3.05) is 10.7 Å². The van der Waals surface area contributed by atoms with Gasteiger partial charge in [0.25, 0.3) is 0 Å². The van der Waals surface area contributed by atoms with E-state index in [0.717, 1.165) is 5.82 Å². The Labute approximate surface area is 95.8 Å². The van der Waals surface area contributed by atoms with Gasteiger partial charge in [-0.05, 0) is 10.8 Å². The minimum Gasteiger partial charge on any atom is -0.366 e. The molecular weight excluding hydrogens is 202 g/mol. The molecule has 16 heavy (non-hydrogen) atoms. The van der Waals surface area contributed by atoms with Crippen LogP contribution in [0.25, 0.3) is 0 Å². The zero-order valence-corrected chi connectivity index (χ0v) is 10.2. The summed E-state index contributed by atoms with van der Waals surface area (Å²) in [5, 5.41) is 3.42. The van der Waals surface area contributed by atoms with E-state index in [2.05, 4.69) is 48.4 Å². The molecule has 0 aliphatic heterocycles. The molecule has 0 aromatic carbocycles. The number of hydrazine groups is 1. The van der Waals surface area contributed by atoms with Gasteiger partial charge in [0.1, 0.15) is 18.0 Å². The zero-order valence-electron chi connectivity index (χ0n) is 10.2. The molecule has 88 valence electrons. The van der Waals surface area contributed by atoms with E-state index in [1.165, 1.54) is 6.33 Å². The van der Waals surface area contributed by atoms with Crippen molar-refractivity contribution in [3.05, 3.63) is 12.4 Å². The second-order valence-electron chi connectivity index (χ2n) is 5.45. The van der Waals surface area contributed by atoms with Crippen molar-refractivity contribution in [2.24, 2.45) is 16.7 Å². The zero-order chi connectivity index (χ0) is 12.0. The largest absolute Gasteiger partial charge is 0.366 e. The molecule has 0 radical (unpaired) electrons. The summed E-state index contributed by atoms with van der Waals surface area (Å²) < 4.78 is 0. The highest BCUT2D eigenvalue weighted by Crippen LogP contribution is 2.63. The van der Waals surface area contributed by atoms with Crippen LogP contribution in [0.2, 0.25) is 0 Å². The fourth-order valence-electron chi connectivity index (χ4n) is 2.22. The van der Waals surface area contributed by atoms with E-state index < -0.39 is 0 Å². The molecule has 0 unspecified atom stereocenters. The van der Waals surface area contributed by atoms with Crippen LogP contribution in [0.3, 0.4) is 0 Å². The van der Waals surface area contributed by atoms with Crippen LogP contribution in [0.1, 0.15) is 27.7 Å². The van der Waals surface area contributed by atoms with Gasteiger partial charge in [0.15, 0.2) is 0 Å². The van der Waals surface area contributed by atoms with E-state index in [1.54, 1.807) is 0 Å². The number of hydrogen-bond acceptors (Lipinski definition) is 5. The molecule has 0 bridgehead atoms. The number of rotatable bonds is 3. The van der Waals surface area contributed by atoms with Gasteiger partial charge in [0.05, 0.1) is 0 Å². The Morgan fingerprint density at radius 2 is 1.69 bits per heavy atom. The third kappa shape index (κ3) is 1.51. The van der Waals surface area contributed by atoms with Crippen LogP contribution in [0.5, 0.6) is 0 Å². The molecular formula is C11H19N5. The van der Waals surface area contributed by atoms with E-state index in [0.29, 0.717) is 11.9 Å². The van der Waals surface area contributed by atoms with E-state index in [9.17, 15) is 0 Å². The van der Waals surface area contributed by atoms with Gasteiger partial charge >= 0.3 is 0 Å². The molecule has 1 heterocycles. The second-order valence-corrected chi connectivity index (χ2v) is 5.45. The van der Waals surface area contributed by atoms with Gasteiger partial charge < -0.3 is 10.7 Å². The van der Waals surface area contributed by atoms with Crippen LogP contribution in [0.15, 0.2) is 12.4 Å². The second kappa shape index (κ2) is 3.31. The van der Waals surface area contributed by atoms with Crippen molar-refractivity contribution in [1.82, 2.24) is 9.97 Å². The van der Waals surface area contributed by atoms with Gasteiger partial charge in [-0.1, -0.05) is 27.7 Å². The Morgan fingerprint density at radius 3 is 2.19 bits per heavy atom. The molecule has 2 rings (SSSR count). The molecule has 0 amide bonds. The summed E-state index contributed by atoms with van der Waals surface area (Å²) in [4.78, 5) is 8.15. The molecule has 1 aromatic heterocycles. The van der Waals surface area contributed by atoms with E-state index in [1.807, 2.05) is 6.07 Å². The van der Waals surface area contributed by atoms with E-state index >= 15 is 0 Å². The third-order valence-electron chi connectivity index (χ3n) is 4.13. The molecule has 1 fully saturated rings. The summed E-state index contributed by atoms with van der Waals surface area (Å²) in [6.07, 6.45) is 1.50. The Kier molecular flexibility index (Phi) is 2.31. The number of nitrogens with two attached hydrogens (primary N) is 1. The van der Waals surface area contributed by atoms with Gasteiger partial charge in [0.2, 0.25) is 0 Å². The first kappa shape index (κ1) is 11.1. The summed E-state index contributed by atoms with van der Waals surface area (Å²) >= 11 is 0. The number of nitrogens with zero attached hydrogens (tertiary/aromatic N) is 2. The highest BCUT2D eigenvalue weighted by atomic mass is 15.3. The lowest BCUT2D eigenvalue weighted by Crippen LogP contribution is -2.13. The van der Waals surface area contributed by atoms with Gasteiger partial charge in [0, 0.05) is 12.1 Å². The van der Waals surface area contributed by atoms with Gasteiger partial charge in [-0.3, -0.25) is 0 Å². The molecule has 4 N–H and O–H groups in total. The number of aromatic nitrogens is 2. The van der Waals surface area contributed by atoms with Crippen molar-refractivity contribution >= 4 is 11.6 Å². The normalized spacial score (nSPS) is 21.6. The predicted molar refractivity (Wildman–Crippen MR) is 64.8 cm³/mol. The fourth-order valence-corrected chi connectivity index (χ4v) is 2.22. The molecule has 0 saturated heterocycles. The smallest absolute Gasteiger partial charge is 0.145 e. The quantitative estimate of drug-likeness (QED) is 0.534. The Hall–Kier alpha value is -1.36. The monoisotopic (exact) mass is 221 g/mol. The SMILES string of the molecule is CC1(C)C(Nc2cc(NN)ncn2)C1(C)C. The molecule has 0 atom stereocenters. The summed E-state index contributed by atoms with van der Waals surface area (Å²) in [7, 11) is 0. The standard InChI is InChI=1S/C11H19N5/c1-10(2)9(11(10,3)4)15-7-5-8(16-12)14-6-13-7/h5-6,9H,12H2,1-4H3,(H2,13,14,15,16). The summed E-state index contributed by atoms with van der Waals surface area (Å²) in [6.45, 7) is 9.03. The average Bonchev–Trinajstić information content (AvgIpc) is 2.61. The topological polar surface area (TPSA) is 75.9 Å². The third-order valence-corrected chi connectivity index (χ3v) is 4.13. The van der Waals surface area contributed by atoms with Gasteiger partial charge in [-0.25, -0.2) is 15.8 Å². The van der Waals surface area contributed by atoms with Crippen LogP contribution in [0.4, 0.5) is 11.6 Å². The maximum Gasteiger partial charge on any atom is 0.145 e. The summed E-state index contributed by atoms with van der Waals surface area (Å²) in [5.74, 6) is 6.73. The maximum absolute atomic E-state index is 5.30. The fraction of sp³-hybridized carbons (Fsp3) is 0.636. The van der Waals surface area contributed by atoms with E-state index in [-0.39, 0.29) is 10.8 Å². The lowest BCUT2D eigenvalue weighted by atomic mass is 10.0. The van der Waals surface area contributed by atoms with Gasteiger partial charge in [-0.2, -0.15) is 0 Å². The number of nitrogens with one attached hydrogen (secondary N) is 2. The number of hydrogen-bond donors (Lipinski definition) is 3. The predicted octanol–water partition coefficient (Wildman–Crippen LogP) is 1.61. The highest BCUT2D eigenvalue weighted by molar-refractivity contribution is 5.48. The lowest BCUT2D eigenvalue weighted by Gasteiger charge is -2.07. The van der Waals surface area contributed by atoms with Crippen LogP contribution in [-0.4, -0.2) is 16.0 Å². The molecule has 5 nitrogen and oxygen atoms in total. The van der Waals surface area contributed by atoms with Crippen LogP contribution >= 0.6 is 0 Å².